The number of hydrogen-bond acceptors (Lipinski definition) is 4. The van der Waals surface area contributed by atoms with Crippen LogP contribution >= 0.6 is 15.9 Å². The van der Waals surface area contributed by atoms with Gasteiger partial charge in [-0.15, -0.1) is 0 Å². The Balaban J connectivity index is 1.95. The van der Waals surface area contributed by atoms with Gasteiger partial charge < -0.3 is 10.1 Å². The first-order valence-corrected chi connectivity index (χ1v) is 9.43. The molecule has 0 aliphatic heterocycles. The van der Waals surface area contributed by atoms with E-state index < -0.39 is 11.8 Å². The van der Waals surface area contributed by atoms with Gasteiger partial charge in [0.15, 0.2) is 0 Å². The summed E-state index contributed by atoms with van der Waals surface area (Å²) < 4.78 is 5.86. The summed E-state index contributed by atoms with van der Waals surface area (Å²) in [6.07, 6.45) is 0.424. The van der Waals surface area contributed by atoms with Crippen molar-refractivity contribution in [3.63, 3.8) is 0 Å². The Kier molecular flexibility index (Phi) is 7.57. The molecule has 0 aliphatic rings. The molecule has 0 saturated heterocycles. The van der Waals surface area contributed by atoms with E-state index in [2.05, 4.69) is 32.1 Å². The van der Waals surface area contributed by atoms with Crippen molar-refractivity contribution in [3.05, 3.63) is 58.1 Å². The molecule has 7 nitrogen and oxygen atoms in total. The van der Waals surface area contributed by atoms with E-state index >= 15 is 0 Å². The predicted octanol–water partition coefficient (Wildman–Crippen LogP) is 3.52. The van der Waals surface area contributed by atoms with Crippen molar-refractivity contribution in [1.82, 2.24) is 10.9 Å². The summed E-state index contributed by atoms with van der Waals surface area (Å²) >= 11 is 3.29. The number of carbonyl (C=O) groups is 3. The number of amides is 3. The molecule has 0 atom stereocenters. The predicted molar refractivity (Wildman–Crippen MR) is 110 cm³/mol. The molecular weight excluding hydrogens is 426 g/mol. The van der Waals surface area contributed by atoms with Gasteiger partial charge in [0.05, 0.1) is 12.7 Å². The molecule has 0 bridgehead atoms. The van der Waals surface area contributed by atoms with E-state index in [0.29, 0.717) is 27.9 Å². The van der Waals surface area contributed by atoms with Crippen molar-refractivity contribution in [2.24, 2.45) is 5.92 Å². The van der Waals surface area contributed by atoms with Gasteiger partial charge in [-0.3, -0.25) is 25.2 Å². The van der Waals surface area contributed by atoms with Crippen LogP contribution in [0, 0.1) is 5.92 Å². The van der Waals surface area contributed by atoms with Gasteiger partial charge in [0.2, 0.25) is 5.91 Å². The van der Waals surface area contributed by atoms with Crippen LogP contribution in [0.4, 0.5) is 5.69 Å². The molecule has 148 valence electrons. The van der Waals surface area contributed by atoms with Crippen LogP contribution in [0.25, 0.3) is 0 Å². The molecule has 0 aliphatic carbocycles. The lowest BCUT2D eigenvalue weighted by Crippen LogP contribution is -2.41. The highest BCUT2D eigenvalue weighted by Gasteiger charge is 2.14. The second-order valence-corrected chi connectivity index (χ2v) is 7.39. The number of hydrazine groups is 1. The molecule has 0 saturated carbocycles. The molecule has 0 spiro atoms. The van der Waals surface area contributed by atoms with Crippen LogP contribution in [0.3, 0.4) is 0 Å². The zero-order chi connectivity index (χ0) is 20.7. The Morgan fingerprint density at radius 3 is 2.25 bits per heavy atom. The first-order chi connectivity index (χ1) is 13.3. The molecule has 3 amide bonds. The minimum Gasteiger partial charge on any atom is -0.496 e. The van der Waals surface area contributed by atoms with E-state index in [0.717, 1.165) is 0 Å². The first kappa shape index (κ1) is 21.4. The third-order valence-electron chi connectivity index (χ3n) is 3.72. The third-order valence-corrected chi connectivity index (χ3v) is 4.21. The summed E-state index contributed by atoms with van der Waals surface area (Å²) in [6, 6.07) is 11.4. The highest BCUT2D eigenvalue weighted by atomic mass is 79.9. The Morgan fingerprint density at radius 2 is 1.64 bits per heavy atom. The average Bonchev–Trinajstić information content (AvgIpc) is 2.65. The van der Waals surface area contributed by atoms with Crippen molar-refractivity contribution in [3.8, 4) is 5.75 Å². The summed E-state index contributed by atoms with van der Waals surface area (Å²) in [5.41, 5.74) is 5.93. The Hall–Kier alpha value is -2.87. The van der Waals surface area contributed by atoms with Gasteiger partial charge in [0, 0.05) is 22.1 Å². The van der Waals surface area contributed by atoms with Crippen LogP contribution in [-0.2, 0) is 4.79 Å². The smallest absolute Gasteiger partial charge is 0.273 e. The SMILES string of the molecule is COc1ccc(Br)cc1C(=O)NNC(=O)c1ccc(NC(=O)CC(C)C)cc1. The largest absolute Gasteiger partial charge is 0.496 e. The molecule has 0 unspecified atom stereocenters. The zero-order valence-electron chi connectivity index (χ0n) is 15.8. The number of nitrogens with one attached hydrogen (secondary N) is 3. The Bertz CT molecular complexity index is 866. The summed E-state index contributed by atoms with van der Waals surface area (Å²) in [4.78, 5) is 36.3. The molecule has 28 heavy (non-hydrogen) atoms. The van der Waals surface area contributed by atoms with Gasteiger partial charge in [0.25, 0.3) is 11.8 Å². The minimum atomic E-state index is -0.510. The number of rotatable bonds is 6. The number of hydrogen-bond donors (Lipinski definition) is 3. The molecule has 8 heteroatoms. The average molecular weight is 448 g/mol. The highest BCUT2D eigenvalue weighted by molar-refractivity contribution is 9.10. The maximum atomic E-state index is 12.3. The topological polar surface area (TPSA) is 96.5 Å². The number of halogens is 1. The molecule has 0 heterocycles. The van der Waals surface area contributed by atoms with Crippen LogP contribution in [0.15, 0.2) is 46.9 Å². The fourth-order valence-corrected chi connectivity index (χ4v) is 2.76. The lowest BCUT2D eigenvalue weighted by molar-refractivity contribution is -0.116. The molecule has 2 aromatic rings. The summed E-state index contributed by atoms with van der Waals surface area (Å²) in [7, 11) is 1.46. The normalized spacial score (nSPS) is 10.3. The number of ether oxygens (including phenoxy) is 1. The van der Waals surface area contributed by atoms with E-state index in [1.807, 2.05) is 13.8 Å². The lowest BCUT2D eigenvalue weighted by atomic mass is 10.1. The van der Waals surface area contributed by atoms with Gasteiger partial charge in [-0.1, -0.05) is 29.8 Å². The van der Waals surface area contributed by atoms with Crippen LogP contribution < -0.4 is 20.9 Å². The van der Waals surface area contributed by atoms with Gasteiger partial charge in [-0.2, -0.15) is 0 Å². The zero-order valence-corrected chi connectivity index (χ0v) is 17.4. The third kappa shape index (κ3) is 6.09. The van der Waals surface area contributed by atoms with E-state index in [-0.39, 0.29) is 17.4 Å². The lowest BCUT2D eigenvalue weighted by Gasteiger charge is -2.11. The van der Waals surface area contributed by atoms with Crippen molar-refractivity contribution < 1.29 is 19.1 Å². The number of methoxy groups -OCH3 is 1. The second kappa shape index (κ2) is 9.89. The minimum absolute atomic E-state index is 0.0811. The van der Waals surface area contributed by atoms with Crippen molar-refractivity contribution in [2.45, 2.75) is 20.3 Å². The maximum absolute atomic E-state index is 12.3. The van der Waals surface area contributed by atoms with Crippen LogP contribution in [0.1, 0.15) is 41.0 Å². The molecule has 0 aromatic heterocycles. The molecular formula is C20H22BrN3O4. The van der Waals surface area contributed by atoms with Gasteiger partial charge >= 0.3 is 0 Å². The highest BCUT2D eigenvalue weighted by Crippen LogP contribution is 2.22. The molecule has 2 rings (SSSR count). The van der Waals surface area contributed by atoms with Gasteiger partial charge in [0.1, 0.15) is 5.75 Å². The van der Waals surface area contributed by atoms with Crippen molar-refractivity contribution in [1.29, 1.82) is 0 Å². The van der Waals surface area contributed by atoms with Crippen LogP contribution in [-0.4, -0.2) is 24.8 Å². The number of carbonyl (C=O) groups excluding carboxylic acids is 3. The second-order valence-electron chi connectivity index (χ2n) is 6.48. The summed E-state index contributed by atoms with van der Waals surface area (Å²) in [6.45, 7) is 3.93. The standard InChI is InChI=1S/C20H22BrN3O4/c1-12(2)10-18(25)22-15-7-4-13(5-8-15)19(26)23-24-20(27)16-11-14(21)6-9-17(16)28-3/h4-9,11-12H,10H2,1-3H3,(H,22,25)(H,23,26)(H,24,27). The Labute approximate surface area is 171 Å². The monoisotopic (exact) mass is 447 g/mol. The fraction of sp³-hybridized carbons (Fsp3) is 0.250. The number of benzene rings is 2. The quantitative estimate of drug-likeness (QED) is 0.590. The van der Waals surface area contributed by atoms with E-state index in [1.165, 1.54) is 7.11 Å². The molecule has 0 fully saturated rings. The first-order valence-electron chi connectivity index (χ1n) is 8.64. The van der Waals surface area contributed by atoms with Crippen molar-refractivity contribution in [2.75, 3.05) is 12.4 Å². The van der Waals surface area contributed by atoms with Gasteiger partial charge in [-0.25, -0.2) is 0 Å². The summed E-state index contributed by atoms with van der Waals surface area (Å²) in [5, 5.41) is 2.77. The maximum Gasteiger partial charge on any atom is 0.273 e. The van der Waals surface area contributed by atoms with E-state index in [1.54, 1.807) is 42.5 Å². The van der Waals surface area contributed by atoms with Crippen molar-refractivity contribution >= 4 is 39.3 Å². The molecule has 0 radical (unpaired) electrons. The van der Waals surface area contributed by atoms with E-state index in [4.69, 9.17) is 4.74 Å². The summed E-state index contributed by atoms with van der Waals surface area (Å²) in [5.74, 6) is -0.428. The van der Waals surface area contributed by atoms with E-state index in [9.17, 15) is 14.4 Å². The van der Waals surface area contributed by atoms with Gasteiger partial charge in [-0.05, 0) is 48.4 Å². The van der Waals surface area contributed by atoms with Crippen LogP contribution in [0.5, 0.6) is 5.75 Å². The fourth-order valence-electron chi connectivity index (χ4n) is 2.40. The molecule has 2 aromatic carbocycles. The number of anilines is 1. The van der Waals surface area contributed by atoms with Crippen LogP contribution in [0.2, 0.25) is 0 Å². The Morgan fingerprint density at radius 1 is 1.00 bits per heavy atom. The molecule has 3 N–H and O–H groups in total.